The third kappa shape index (κ3) is 5.14. The predicted octanol–water partition coefficient (Wildman–Crippen LogP) is 4.26. The van der Waals surface area contributed by atoms with Gasteiger partial charge >= 0.3 is 0 Å². The van der Waals surface area contributed by atoms with Crippen molar-refractivity contribution < 1.29 is 18.4 Å². The van der Waals surface area contributed by atoms with Crippen LogP contribution < -0.4 is 10.6 Å². The van der Waals surface area contributed by atoms with Gasteiger partial charge in [0.2, 0.25) is 11.0 Å². The third-order valence-corrected chi connectivity index (χ3v) is 6.05. The fraction of sp³-hybridized carbons (Fsp3) is 0.500. The average Bonchev–Trinajstić information content (AvgIpc) is 3.14. The number of aromatic nitrogens is 2. The third-order valence-electron chi connectivity index (χ3n) is 5.05. The van der Waals surface area contributed by atoms with Crippen molar-refractivity contribution in [2.24, 2.45) is 5.92 Å². The van der Waals surface area contributed by atoms with Crippen LogP contribution in [0.1, 0.15) is 67.2 Å². The summed E-state index contributed by atoms with van der Waals surface area (Å²) >= 11 is 1.33. The molecule has 1 aliphatic carbocycles. The molecule has 1 atom stereocenters. The quantitative estimate of drug-likeness (QED) is 0.729. The zero-order valence-corrected chi connectivity index (χ0v) is 17.2. The Kier molecular flexibility index (Phi) is 6.89. The Balaban J connectivity index is 1.68. The van der Waals surface area contributed by atoms with Crippen molar-refractivity contribution in [2.75, 3.05) is 5.32 Å². The second kappa shape index (κ2) is 9.39. The molecule has 1 aromatic heterocycles. The summed E-state index contributed by atoms with van der Waals surface area (Å²) in [5.41, 5.74) is -0.707. The Hall–Kier alpha value is -2.42. The van der Waals surface area contributed by atoms with Gasteiger partial charge in [0.25, 0.3) is 5.91 Å². The number of halogens is 2. The maximum absolute atomic E-state index is 13.9. The van der Waals surface area contributed by atoms with Crippen LogP contribution in [0.3, 0.4) is 0 Å². The number of benzene rings is 1. The lowest BCUT2D eigenvalue weighted by Crippen LogP contribution is -2.47. The van der Waals surface area contributed by atoms with E-state index in [9.17, 15) is 18.4 Å². The van der Waals surface area contributed by atoms with Crippen molar-refractivity contribution >= 4 is 28.3 Å². The summed E-state index contributed by atoms with van der Waals surface area (Å²) in [5.74, 6) is -3.37. The van der Waals surface area contributed by atoms with E-state index >= 15 is 0 Å². The van der Waals surface area contributed by atoms with Gasteiger partial charge in [0.1, 0.15) is 28.2 Å². The van der Waals surface area contributed by atoms with E-state index in [-0.39, 0.29) is 5.92 Å². The van der Waals surface area contributed by atoms with Crippen molar-refractivity contribution in [1.29, 1.82) is 0 Å². The van der Waals surface area contributed by atoms with E-state index in [1.807, 2.05) is 0 Å². The molecule has 2 N–H and O–H groups in total. The molecule has 3 rings (SSSR count). The number of carbonyl (C=O) groups excluding carboxylic acids is 2. The van der Waals surface area contributed by atoms with Gasteiger partial charge in [0.05, 0.1) is 0 Å². The number of amides is 2. The number of rotatable bonds is 6. The Bertz CT molecular complexity index is 861. The lowest BCUT2D eigenvalue weighted by molar-refractivity contribution is -0.118. The highest BCUT2D eigenvalue weighted by atomic mass is 32.1. The smallest absolute Gasteiger partial charge is 0.257 e. The molecule has 1 saturated carbocycles. The normalized spacial score (nSPS) is 15.9. The molecule has 0 bridgehead atoms. The van der Waals surface area contributed by atoms with Gasteiger partial charge in [-0.25, -0.2) is 8.78 Å². The molecular formula is C20H24F2N4O2S. The zero-order chi connectivity index (χ0) is 21.0. The second-order valence-electron chi connectivity index (χ2n) is 7.56. The number of carbonyl (C=O) groups is 2. The number of anilines is 1. The Morgan fingerprint density at radius 2 is 1.76 bits per heavy atom. The first-order valence-electron chi connectivity index (χ1n) is 9.76. The molecule has 1 fully saturated rings. The van der Waals surface area contributed by atoms with E-state index in [1.54, 1.807) is 13.8 Å². The standard InChI is InChI=1S/C20H24F2N4O2S/c1-11(2)16(23-17(27)15-13(21)9-6-10-14(15)22)18(28)24-20-26-25-19(29-20)12-7-4-3-5-8-12/h6,9-12,16H,3-5,7-8H2,1-2H3,(H,23,27)(H,24,26,28)/t16-/m0/s1. The molecule has 0 spiro atoms. The van der Waals surface area contributed by atoms with Gasteiger partial charge in [-0.05, 0) is 30.9 Å². The molecule has 0 aliphatic heterocycles. The van der Waals surface area contributed by atoms with Crippen LogP contribution in [-0.4, -0.2) is 28.1 Å². The SMILES string of the molecule is CC(C)[C@H](NC(=O)c1c(F)cccc1F)C(=O)Nc1nnc(C2CCCCC2)s1. The Morgan fingerprint density at radius 1 is 1.10 bits per heavy atom. The Labute approximate surface area is 172 Å². The minimum atomic E-state index is -0.983. The largest absolute Gasteiger partial charge is 0.340 e. The minimum absolute atomic E-state index is 0.306. The first kappa shape index (κ1) is 21.3. The molecule has 0 unspecified atom stereocenters. The lowest BCUT2D eigenvalue weighted by Gasteiger charge is -2.21. The fourth-order valence-electron chi connectivity index (χ4n) is 3.45. The molecule has 1 aliphatic rings. The number of hydrogen-bond donors (Lipinski definition) is 2. The van der Waals surface area contributed by atoms with Crippen molar-refractivity contribution in [2.45, 2.75) is 57.9 Å². The maximum atomic E-state index is 13.9. The minimum Gasteiger partial charge on any atom is -0.340 e. The van der Waals surface area contributed by atoms with Crippen molar-refractivity contribution in [1.82, 2.24) is 15.5 Å². The summed E-state index contributed by atoms with van der Waals surface area (Å²) in [4.78, 5) is 25.1. The highest BCUT2D eigenvalue weighted by Crippen LogP contribution is 2.35. The number of nitrogens with zero attached hydrogens (tertiary/aromatic N) is 2. The monoisotopic (exact) mass is 422 g/mol. The summed E-state index contributed by atoms with van der Waals surface area (Å²) in [5, 5.41) is 14.6. The molecule has 29 heavy (non-hydrogen) atoms. The van der Waals surface area contributed by atoms with Gasteiger partial charge in [-0.2, -0.15) is 0 Å². The molecule has 156 valence electrons. The summed E-state index contributed by atoms with van der Waals surface area (Å²) < 4.78 is 27.7. The van der Waals surface area contributed by atoms with Crippen molar-refractivity contribution in [3.8, 4) is 0 Å². The van der Waals surface area contributed by atoms with Gasteiger partial charge in [-0.3, -0.25) is 14.9 Å². The van der Waals surface area contributed by atoms with E-state index in [4.69, 9.17) is 0 Å². The summed E-state index contributed by atoms with van der Waals surface area (Å²) in [6.45, 7) is 3.46. The highest BCUT2D eigenvalue weighted by molar-refractivity contribution is 7.15. The zero-order valence-electron chi connectivity index (χ0n) is 16.4. The van der Waals surface area contributed by atoms with Crippen LogP contribution in [0.4, 0.5) is 13.9 Å². The van der Waals surface area contributed by atoms with Crippen LogP contribution in [0, 0.1) is 17.6 Å². The Morgan fingerprint density at radius 3 is 2.38 bits per heavy atom. The van der Waals surface area contributed by atoms with Crippen LogP contribution in [0.5, 0.6) is 0 Å². The van der Waals surface area contributed by atoms with E-state index in [2.05, 4.69) is 20.8 Å². The first-order valence-corrected chi connectivity index (χ1v) is 10.6. The van der Waals surface area contributed by atoms with Gasteiger partial charge in [-0.1, -0.05) is 50.5 Å². The van der Waals surface area contributed by atoms with Gasteiger partial charge < -0.3 is 5.32 Å². The molecule has 1 heterocycles. The average molecular weight is 423 g/mol. The molecule has 0 saturated heterocycles. The van der Waals surface area contributed by atoms with E-state index in [0.717, 1.165) is 30.0 Å². The molecule has 1 aromatic carbocycles. The van der Waals surface area contributed by atoms with Crippen LogP contribution >= 0.6 is 11.3 Å². The molecule has 2 amide bonds. The van der Waals surface area contributed by atoms with E-state index < -0.39 is 35.1 Å². The van der Waals surface area contributed by atoms with Gasteiger partial charge in [-0.15, -0.1) is 10.2 Å². The summed E-state index contributed by atoms with van der Waals surface area (Å²) in [6, 6.07) is 2.18. The van der Waals surface area contributed by atoms with Crippen LogP contribution in [0.25, 0.3) is 0 Å². The molecule has 9 heteroatoms. The number of hydrogen-bond acceptors (Lipinski definition) is 5. The highest BCUT2D eigenvalue weighted by Gasteiger charge is 2.28. The van der Waals surface area contributed by atoms with Crippen molar-refractivity contribution in [3.05, 3.63) is 40.4 Å². The topological polar surface area (TPSA) is 84.0 Å². The van der Waals surface area contributed by atoms with E-state index in [1.165, 1.54) is 36.7 Å². The summed E-state index contributed by atoms with van der Waals surface area (Å²) in [7, 11) is 0. The van der Waals surface area contributed by atoms with Crippen LogP contribution in [0.2, 0.25) is 0 Å². The fourth-order valence-corrected chi connectivity index (χ4v) is 4.36. The van der Waals surface area contributed by atoms with Crippen molar-refractivity contribution in [3.63, 3.8) is 0 Å². The first-order chi connectivity index (χ1) is 13.9. The molecule has 0 radical (unpaired) electrons. The maximum Gasteiger partial charge on any atom is 0.257 e. The lowest BCUT2D eigenvalue weighted by atomic mass is 9.90. The molecular weight excluding hydrogens is 398 g/mol. The second-order valence-corrected chi connectivity index (χ2v) is 8.57. The van der Waals surface area contributed by atoms with Crippen LogP contribution in [-0.2, 0) is 4.79 Å². The predicted molar refractivity (Wildman–Crippen MR) is 107 cm³/mol. The van der Waals surface area contributed by atoms with Gasteiger partial charge in [0.15, 0.2) is 0 Å². The number of nitrogens with one attached hydrogen (secondary N) is 2. The van der Waals surface area contributed by atoms with Crippen LogP contribution in [0.15, 0.2) is 18.2 Å². The molecule has 6 nitrogen and oxygen atoms in total. The van der Waals surface area contributed by atoms with Gasteiger partial charge in [0, 0.05) is 5.92 Å². The van der Waals surface area contributed by atoms with E-state index in [0.29, 0.717) is 11.0 Å². The molecule has 2 aromatic rings. The summed E-state index contributed by atoms with van der Waals surface area (Å²) in [6.07, 6.45) is 5.71.